The molecule has 20 heavy (non-hydrogen) atoms. The highest BCUT2D eigenvalue weighted by atomic mass is 79.9. The van der Waals surface area contributed by atoms with Crippen molar-refractivity contribution >= 4 is 42.9 Å². The third-order valence-corrected chi connectivity index (χ3v) is 7.48. The first-order valence-electron chi connectivity index (χ1n) is 6.36. The summed E-state index contributed by atoms with van der Waals surface area (Å²) in [6, 6.07) is 0.612. The van der Waals surface area contributed by atoms with E-state index in [9.17, 15) is 12.8 Å². The minimum absolute atomic E-state index is 0.136. The molecule has 0 saturated heterocycles. The molecule has 1 saturated carbocycles. The number of nitrogens with zero attached hydrogens (tertiary/aromatic N) is 1. The van der Waals surface area contributed by atoms with Gasteiger partial charge in [-0.15, -0.1) is 11.3 Å². The van der Waals surface area contributed by atoms with Crippen LogP contribution in [-0.4, -0.2) is 25.3 Å². The van der Waals surface area contributed by atoms with Crippen LogP contribution in [0.5, 0.6) is 0 Å². The summed E-state index contributed by atoms with van der Waals surface area (Å²) in [5, 5.41) is -0.683. The molecule has 2 N–H and O–H groups in total. The Morgan fingerprint density at radius 3 is 2.70 bits per heavy atom. The molecule has 0 amide bonds. The lowest BCUT2D eigenvalue weighted by Crippen LogP contribution is -2.43. The van der Waals surface area contributed by atoms with E-state index in [0.717, 1.165) is 12.8 Å². The van der Waals surface area contributed by atoms with Crippen LogP contribution < -0.4 is 5.73 Å². The molecule has 1 aliphatic carbocycles. The molecule has 1 unspecified atom stereocenters. The van der Waals surface area contributed by atoms with Gasteiger partial charge in [-0.3, -0.25) is 4.99 Å². The number of amidine groups is 1. The van der Waals surface area contributed by atoms with Crippen molar-refractivity contribution in [2.24, 2.45) is 16.6 Å². The van der Waals surface area contributed by atoms with Crippen LogP contribution in [0.15, 0.2) is 14.8 Å². The normalized spacial score (nSPS) is 29.2. The summed E-state index contributed by atoms with van der Waals surface area (Å²) >= 11 is 4.36. The molecule has 0 aromatic carbocycles. The van der Waals surface area contributed by atoms with E-state index in [1.807, 2.05) is 0 Å². The van der Waals surface area contributed by atoms with Crippen molar-refractivity contribution in [1.29, 1.82) is 0 Å². The number of sulfone groups is 1. The Morgan fingerprint density at radius 2 is 2.20 bits per heavy atom. The third kappa shape index (κ3) is 2.78. The standard InChI is InChI=1S/C12H14BrFN2O2S2/c13-10-4-7(14)11(19-10)8-5-20(17,18)9(12(15)16-8)3-6-1-2-6/h4,6,8-9H,1-3,5H2,(H2,15,16)/t8?,9-/m1/s1. The van der Waals surface area contributed by atoms with E-state index in [0.29, 0.717) is 21.0 Å². The van der Waals surface area contributed by atoms with Gasteiger partial charge < -0.3 is 5.73 Å². The Hall–Kier alpha value is -0.470. The molecule has 1 aromatic heterocycles. The molecule has 3 rings (SSSR count). The van der Waals surface area contributed by atoms with Crippen LogP contribution in [0.1, 0.15) is 30.2 Å². The Labute approximate surface area is 129 Å². The van der Waals surface area contributed by atoms with Gasteiger partial charge in [-0.1, -0.05) is 12.8 Å². The summed E-state index contributed by atoms with van der Waals surface area (Å²) in [6.07, 6.45) is 2.69. The highest BCUT2D eigenvalue weighted by Crippen LogP contribution is 2.39. The van der Waals surface area contributed by atoms with Gasteiger partial charge >= 0.3 is 0 Å². The molecule has 2 atom stereocenters. The molecular weight excluding hydrogens is 367 g/mol. The van der Waals surface area contributed by atoms with Crippen molar-refractivity contribution < 1.29 is 12.8 Å². The van der Waals surface area contributed by atoms with E-state index in [4.69, 9.17) is 5.73 Å². The molecule has 2 aliphatic rings. The van der Waals surface area contributed by atoms with Gasteiger partial charge in [0.1, 0.15) is 22.9 Å². The largest absolute Gasteiger partial charge is 0.386 e. The number of hydrogen-bond donors (Lipinski definition) is 1. The van der Waals surface area contributed by atoms with Crippen molar-refractivity contribution in [3.05, 3.63) is 20.5 Å². The Kier molecular flexibility index (Phi) is 3.66. The quantitative estimate of drug-likeness (QED) is 0.875. The fraction of sp³-hybridized carbons (Fsp3) is 0.583. The SMILES string of the molecule is NC1=NC(c2sc(Br)cc2F)CS(=O)(=O)[C@@H]1CC1CC1. The number of hydrogen-bond acceptors (Lipinski definition) is 5. The van der Waals surface area contributed by atoms with E-state index >= 15 is 0 Å². The van der Waals surface area contributed by atoms with Gasteiger partial charge in [0, 0.05) is 0 Å². The number of thiophene rings is 1. The predicted octanol–water partition coefficient (Wildman–Crippen LogP) is 2.65. The van der Waals surface area contributed by atoms with Crippen LogP contribution in [0.2, 0.25) is 0 Å². The van der Waals surface area contributed by atoms with Crippen molar-refractivity contribution in [3.63, 3.8) is 0 Å². The molecule has 1 aromatic rings. The second kappa shape index (κ2) is 5.06. The molecule has 0 spiro atoms. The summed E-state index contributed by atoms with van der Waals surface area (Å²) < 4.78 is 39.1. The van der Waals surface area contributed by atoms with Gasteiger partial charge in [0.2, 0.25) is 0 Å². The molecule has 0 radical (unpaired) electrons. The fourth-order valence-electron chi connectivity index (χ4n) is 2.46. The fourth-order valence-corrected chi connectivity index (χ4v) is 6.00. The molecule has 2 heterocycles. The van der Waals surface area contributed by atoms with E-state index in [2.05, 4.69) is 20.9 Å². The Morgan fingerprint density at radius 1 is 1.50 bits per heavy atom. The van der Waals surface area contributed by atoms with Crippen molar-refractivity contribution in [2.45, 2.75) is 30.6 Å². The molecule has 8 heteroatoms. The lowest BCUT2D eigenvalue weighted by molar-refractivity contribution is 0.561. The maximum Gasteiger partial charge on any atom is 0.162 e. The first kappa shape index (κ1) is 14.5. The van der Waals surface area contributed by atoms with Gasteiger partial charge in [0.25, 0.3) is 0 Å². The third-order valence-electron chi connectivity index (χ3n) is 3.69. The van der Waals surface area contributed by atoms with E-state index in [1.54, 1.807) is 0 Å². The molecule has 1 fully saturated rings. The van der Waals surface area contributed by atoms with Crippen LogP contribution in [0.25, 0.3) is 0 Å². The number of rotatable bonds is 3. The highest BCUT2D eigenvalue weighted by Gasteiger charge is 2.41. The van der Waals surface area contributed by atoms with Crippen LogP contribution >= 0.6 is 27.3 Å². The summed E-state index contributed by atoms with van der Waals surface area (Å²) in [4.78, 5) is 4.58. The topological polar surface area (TPSA) is 72.5 Å². The van der Waals surface area contributed by atoms with Gasteiger partial charge in [-0.25, -0.2) is 12.8 Å². The smallest absolute Gasteiger partial charge is 0.162 e. The van der Waals surface area contributed by atoms with Crippen LogP contribution in [-0.2, 0) is 9.84 Å². The minimum atomic E-state index is -3.36. The van der Waals surface area contributed by atoms with E-state index < -0.39 is 26.9 Å². The van der Waals surface area contributed by atoms with Crippen LogP contribution in [0.4, 0.5) is 4.39 Å². The Balaban J connectivity index is 1.92. The molecular formula is C12H14BrFN2O2S2. The molecule has 1 aliphatic heterocycles. The lowest BCUT2D eigenvalue weighted by Gasteiger charge is -2.25. The van der Waals surface area contributed by atoms with E-state index in [-0.39, 0.29) is 11.6 Å². The van der Waals surface area contributed by atoms with Gasteiger partial charge in [-0.2, -0.15) is 0 Å². The molecule has 4 nitrogen and oxygen atoms in total. The average Bonchev–Trinajstić information content (AvgIpc) is 3.08. The van der Waals surface area contributed by atoms with E-state index in [1.165, 1.54) is 17.4 Å². The second-order valence-electron chi connectivity index (χ2n) is 5.33. The first-order chi connectivity index (χ1) is 9.37. The maximum atomic E-state index is 13.8. The monoisotopic (exact) mass is 380 g/mol. The van der Waals surface area contributed by atoms with Crippen molar-refractivity contribution in [1.82, 2.24) is 0 Å². The maximum absolute atomic E-state index is 13.8. The summed E-state index contributed by atoms with van der Waals surface area (Å²) in [7, 11) is -3.36. The molecule has 110 valence electrons. The Bertz CT molecular complexity index is 667. The van der Waals surface area contributed by atoms with Crippen molar-refractivity contribution in [2.75, 3.05) is 5.75 Å². The van der Waals surface area contributed by atoms with Gasteiger partial charge in [-0.05, 0) is 34.3 Å². The molecule has 0 bridgehead atoms. The summed E-state index contributed by atoms with van der Waals surface area (Å²) in [6.45, 7) is 0. The second-order valence-corrected chi connectivity index (χ2v) is 10.0. The van der Waals surface area contributed by atoms with Crippen molar-refractivity contribution in [3.8, 4) is 0 Å². The number of aliphatic imine (C=N–C) groups is 1. The van der Waals surface area contributed by atoms with Crippen LogP contribution in [0.3, 0.4) is 0 Å². The zero-order valence-electron chi connectivity index (χ0n) is 10.6. The zero-order chi connectivity index (χ0) is 14.5. The average molecular weight is 381 g/mol. The predicted molar refractivity (Wildman–Crippen MR) is 81.3 cm³/mol. The first-order valence-corrected chi connectivity index (χ1v) is 9.69. The zero-order valence-corrected chi connectivity index (χ0v) is 13.8. The summed E-state index contributed by atoms with van der Waals surface area (Å²) in [5.41, 5.74) is 5.86. The van der Waals surface area contributed by atoms with Gasteiger partial charge in [0.15, 0.2) is 9.84 Å². The van der Waals surface area contributed by atoms with Crippen LogP contribution in [0, 0.1) is 11.7 Å². The minimum Gasteiger partial charge on any atom is -0.386 e. The summed E-state index contributed by atoms with van der Waals surface area (Å²) in [5.74, 6) is -0.00127. The highest BCUT2D eigenvalue weighted by molar-refractivity contribution is 9.11. The number of halogens is 2. The lowest BCUT2D eigenvalue weighted by atomic mass is 10.2. The number of nitrogens with two attached hydrogens (primary N) is 1. The van der Waals surface area contributed by atoms with Gasteiger partial charge in [0.05, 0.1) is 14.4 Å².